The van der Waals surface area contributed by atoms with Crippen LogP contribution in [0.5, 0.6) is 0 Å². The molecule has 0 amide bonds. The lowest BCUT2D eigenvalue weighted by Gasteiger charge is -2.05. The maximum Gasteiger partial charge on any atom is 0.0879 e. The van der Waals surface area contributed by atoms with Crippen LogP contribution in [0, 0.1) is 12.5 Å². The van der Waals surface area contributed by atoms with Crippen LogP contribution in [-0.2, 0) is 0 Å². The number of nitrogens with one attached hydrogen (secondary N) is 1. The van der Waals surface area contributed by atoms with Gasteiger partial charge < -0.3 is 0 Å². The highest BCUT2D eigenvalue weighted by atomic mass is 15.0. The summed E-state index contributed by atoms with van der Waals surface area (Å²) in [7, 11) is 0. The third kappa shape index (κ3) is 2.02. The molecule has 0 aliphatic carbocycles. The molecule has 0 radical (unpaired) electrons. The Labute approximate surface area is 78.8 Å². The minimum Gasteiger partial charge on any atom is -0.204 e. The van der Waals surface area contributed by atoms with E-state index < -0.39 is 0 Å². The van der Waals surface area contributed by atoms with Crippen molar-refractivity contribution < 1.29 is 0 Å². The van der Waals surface area contributed by atoms with Crippen LogP contribution in [-0.4, -0.2) is 0 Å². The summed E-state index contributed by atoms with van der Waals surface area (Å²) in [5.74, 6) is 0. The zero-order valence-electron chi connectivity index (χ0n) is 8.09. The fourth-order valence-electron chi connectivity index (χ4n) is 1.20. The van der Waals surface area contributed by atoms with Crippen molar-refractivity contribution in [2.75, 3.05) is 0 Å². The average Bonchev–Trinajstić information content (AvgIpc) is 2.16. The van der Waals surface area contributed by atoms with Crippen molar-refractivity contribution in [2.45, 2.75) is 20.3 Å². The minimum atomic E-state index is 0.729. The molecule has 0 aromatic heterocycles. The van der Waals surface area contributed by atoms with Crippen LogP contribution >= 0.6 is 0 Å². The second-order valence-corrected chi connectivity index (χ2v) is 3.07. The topological polar surface area (TPSA) is 36.2 Å². The first kappa shape index (κ1) is 9.65. The maximum absolute atomic E-state index is 6.91. The molecule has 0 bridgehead atoms. The van der Waals surface area contributed by atoms with Gasteiger partial charge in [-0.15, -0.1) is 0 Å². The summed E-state index contributed by atoms with van der Waals surface area (Å²) in [6.07, 6.45) is 0.955. The molecule has 1 N–H and O–H groups in total. The Hall–Kier alpha value is -1.44. The molecule has 0 atom stereocenters. The summed E-state index contributed by atoms with van der Waals surface area (Å²) in [5.41, 5.74) is 10.9. The van der Waals surface area contributed by atoms with Crippen LogP contribution in [0.15, 0.2) is 29.9 Å². The third-order valence-corrected chi connectivity index (χ3v) is 2.15. The zero-order valence-corrected chi connectivity index (χ0v) is 8.09. The summed E-state index contributed by atoms with van der Waals surface area (Å²) in [6, 6.07) is 5.85. The monoisotopic (exact) mass is 174 g/mol. The molecule has 1 rings (SSSR count). The predicted octanol–water partition coefficient (Wildman–Crippen LogP) is 4.08. The molecule has 1 aromatic rings. The van der Waals surface area contributed by atoms with Crippen LogP contribution in [0.3, 0.4) is 0 Å². The largest absolute Gasteiger partial charge is 0.204 e. The Morgan fingerprint density at radius 1 is 1.54 bits per heavy atom. The molecule has 0 unspecified atom stereocenters. The molecule has 2 heteroatoms. The lowest BCUT2D eigenvalue weighted by atomic mass is 10.0. The maximum atomic E-state index is 6.91. The number of allylic oxidation sites excluding steroid dienone is 1. The number of benzene rings is 1. The van der Waals surface area contributed by atoms with Gasteiger partial charge in [-0.05, 0) is 42.2 Å². The average molecular weight is 174 g/mol. The standard InChI is InChI=1S/C11H14N2/c1-4-8(2)10-5-6-11(13-12)9(3)7-10/h5-7,12H,2,4H2,1,3H3. The van der Waals surface area contributed by atoms with Crippen molar-refractivity contribution in [2.24, 2.45) is 5.11 Å². The van der Waals surface area contributed by atoms with Gasteiger partial charge in [-0.1, -0.05) is 19.6 Å². The van der Waals surface area contributed by atoms with Gasteiger partial charge in [-0.3, -0.25) is 0 Å². The van der Waals surface area contributed by atoms with Gasteiger partial charge in [0.1, 0.15) is 0 Å². The second kappa shape index (κ2) is 3.99. The number of aryl methyl sites for hydroxylation is 1. The van der Waals surface area contributed by atoms with E-state index in [2.05, 4.69) is 18.6 Å². The summed E-state index contributed by atoms with van der Waals surface area (Å²) >= 11 is 0. The van der Waals surface area contributed by atoms with E-state index in [9.17, 15) is 0 Å². The van der Waals surface area contributed by atoms with E-state index in [0.717, 1.165) is 28.8 Å². The number of hydrogen-bond donors (Lipinski definition) is 1. The number of rotatable bonds is 3. The Bertz CT molecular complexity index is 340. The lowest BCUT2D eigenvalue weighted by molar-refractivity contribution is 1.13. The van der Waals surface area contributed by atoms with Crippen molar-refractivity contribution in [1.29, 1.82) is 5.53 Å². The molecular weight excluding hydrogens is 160 g/mol. The summed E-state index contributed by atoms with van der Waals surface area (Å²) in [5, 5.41) is 3.42. The highest BCUT2D eigenvalue weighted by Crippen LogP contribution is 2.23. The number of hydrogen-bond acceptors (Lipinski definition) is 2. The molecule has 0 spiro atoms. The van der Waals surface area contributed by atoms with Gasteiger partial charge in [0.2, 0.25) is 0 Å². The Morgan fingerprint density at radius 3 is 2.69 bits per heavy atom. The van der Waals surface area contributed by atoms with Gasteiger partial charge in [0.05, 0.1) is 5.69 Å². The zero-order chi connectivity index (χ0) is 9.84. The van der Waals surface area contributed by atoms with Gasteiger partial charge in [0.25, 0.3) is 0 Å². The van der Waals surface area contributed by atoms with E-state index in [1.165, 1.54) is 0 Å². The van der Waals surface area contributed by atoms with Crippen molar-refractivity contribution >= 4 is 11.3 Å². The van der Waals surface area contributed by atoms with Gasteiger partial charge in [0.15, 0.2) is 0 Å². The highest BCUT2D eigenvalue weighted by molar-refractivity contribution is 5.66. The van der Waals surface area contributed by atoms with E-state index in [1.807, 2.05) is 25.1 Å². The minimum absolute atomic E-state index is 0.729. The molecule has 68 valence electrons. The molecule has 0 saturated heterocycles. The Balaban J connectivity index is 3.09. The van der Waals surface area contributed by atoms with Crippen molar-refractivity contribution in [3.8, 4) is 0 Å². The van der Waals surface area contributed by atoms with Crippen molar-refractivity contribution in [3.05, 3.63) is 35.9 Å². The van der Waals surface area contributed by atoms with E-state index in [-0.39, 0.29) is 0 Å². The lowest BCUT2D eigenvalue weighted by Crippen LogP contribution is -1.82. The van der Waals surface area contributed by atoms with Crippen LogP contribution in [0.4, 0.5) is 5.69 Å². The fourth-order valence-corrected chi connectivity index (χ4v) is 1.20. The van der Waals surface area contributed by atoms with Crippen molar-refractivity contribution in [1.82, 2.24) is 0 Å². The molecule has 0 fully saturated rings. The Kier molecular flexibility index (Phi) is 2.96. The van der Waals surface area contributed by atoms with Crippen LogP contribution in [0.25, 0.3) is 5.57 Å². The van der Waals surface area contributed by atoms with E-state index in [1.54, 1.807) is 0 Å². The van der Waals surface area contributed by atoms with Gasteiger partial charge in [-0.2, -0.15) is 5.11 Å². The molecule has 2 nitrogen and oxygen atoms in total. The SMILES string of the molecule is C=C(CC)c1ccc(N=N)c(C)c1. The molecule has 0 heterocycles. The first-order valence-electron chi connectivity index (χ1n) is 4.35. The first-order chi connectivity index (χ1) is 6.19. The quantitative estimate of drug-likeness (QED) is 0.670. The molecular formula is C11H14N2. The smallest absolute Gasteiger partial charge is 0.0879 e. The molecule has 0 aliphatic heterocycles. The summed E-state index contributed by atoms with van der Waals surface area (Å²) < 4.78 is 0. The second-order valence-electron chi connectivity index (χ2n) is 3.07. The van der Waals surface area contributed by atoms with E-state index >= 15 is 0 Å². The summed E-state index contributed by atoms with van der Waals surface area (Å²) in [6.45, 7) is 8.00. The molecule has 0 aliphatic rings. The van der Waals surface area contributed by atoms with E-state index in [4.69, 9.17) is 5.53 Å². The van der Waals surface area contributed by atoms with Gasteiger partial charge >= 0.3 is 0 Å². The van der Waals surface area contributed by atoms with Crippen molar-refractivity contribution in [3.63, 3.8) is 0 Å². The van der Waals surface area contributed by atoms with Crippen LogP contribution < -0.4 is 0 Å². The predicted molar refractivity (Wildman–Crippen MR) is 55.3 cm³/mol. The van der Waals surface area contributed by atoms with Gasteiger partial charge in [0, 0.05) is 0 Å². The number of nitrogens with zero attached hydrogens (tertiary/aromatic N) is 1. The van der Waals surface area contributed by atoms with Crippen LogP contribution in [0.1, 0.15) is 24.5 Å². The molecule has 13 heavy (non-hydrogen) atoms. The van der Waals surface area contributed by atoms with Gasteiger partial charge in [-0.25, -0.2) is 5.53 Å². The molecule has 0 saturated carbocycles. The summed E-state index contributed by atoms with van der Waals surface area (Å²) in [4.78, 5) is 0. The van der Waals surface area contributed by atoms with Crippen LogP contribution in [0.2, 0.25) is 0 Å². The normalized spacial score (nSPS) is 9.69. The molecule has 1 aromatic carbocycles. The third-order valence-electron chi connectivity index (χ3n) is 2.15. The first-order valence-corrected chi connectivity index (χ1v) is 4.35. The Morgan fingerprint density at radius 2 is 2.23 bits per heavy atom. The fraction of sp³-hybridized carbons (Fsp3) is 0.273. The van der Waals surface area contributed by atoms with E-state index in [0.29, 0.717) is 0 Å². The highest BCUT2D eigenvalue weighted by Gasteiger charge is 2.00.